The Bertz CT molecular complexity index is 558. The Morgan fingerprint density at radius 2 is 1.83 bits per heavy atom. The molecule has 1 heterocycles. The Balaban J connectivity index is 2.46. The molecular weight excluding hydrogens is 244 g/mol. The number of hydrogen-bond acceptors (Lipinski definition) is 3. The van der Waals surface area contributed by atoms with Crippen molar-refractivity contribution in [3.05, 3.63) is 50.7 Å². The normalized spacial score (nSPS) is 12.5. The van der Waals surface area contributed by atoms with Crippen LogP contribution >= 0.6 is 11.3 Å². The molecule has 3 heteroatoms. The molecule has 0 aliphatic heterocycles. The van der Waals surface area contributed by atoms with Crippen LogP contribution in [0, 0.1) is 20.8 Å². The molecular formula is C15H18O2S. The molecule has 0 aliphatic carbocycles. The first-order valence-corrected chi connectivity index (χ1v) is 6.79. The molecule has 18 heavy (non-hydrogen) atoms. The van der Waals surface area contributed by atoms with E-state index in [0.29, 0.717) is 0 Å². The number of aliphatic hydroxyl groups is 1. The quantitative estimate of drug-likeness (QED) is 0.912. The summed E-state index contributed by atoms with van der Waals surface area (Å²) in [5.41, 5.74) is 4.20. The van der Waals surface area contributed by atoms with Crippen molar-refractivity contribution in [3.63, 3.8) is 0 Å². The first-order valence-electron chi connectivity index (χ1n) is 5.91. The van der Waals surface area contributed by atoms with Crippen molar-refractivity contribution < 1.29 is 9.84 Å². The number of benzene rings is 1. The Morgan fingerprint density at radius 3 is 2.39 bits per heavy atom. The minimum absolute atomic E-state index is 0.547. The minimum Gasteiger partial charge on any atom is -0.496 e. The standard InChI is InChI=1S/C15H18O2S/c1-9-5-6-18-15(9)14(16)12-7-11(3)13(17-4)8-10(12)2/h5-8,14,16H,1-4H3. The van der Waals surface area contributed by atoms with Gasteiger partial charge in [0.15, 0.2) is 0 Å². The van der Waals surface area contributed by atoms with Crippen molar-refractivity contribution in [2.45, 2.75) is 26.9 Å². The number of ether oxygens (including phenoxy) is 1. The van der Waals surface area contributed by atoms with Gasteiger partial charge in [-0.3, -0.25) is 0 Å². The molecule has 2 rings (SSSR count). The van der Waals surface area contributed by atoms with Crippen LogP contribution in [0.15, 0.2) is 23.6 Å². The highest BCUT2D eigenvalue weighted by atomic mass is 32.1. The molecule has 1 N–H and O–H groups in total. The second-order valence-corrected chi connectivity index (χ2v) is 5.50. The molecule has 96 valence electrons. The summed E-state index contributed by atoms with van der Waals surface area (Å²) in [6.45, 7) is 6.03. The smallest absolute Gasteiger partial charge is 0.122 e. The fourth-order valence-electron chi connectivity index (χ4n) is 2.13. The maximum atomic E-state index is 10.5. The van der Waals surface area contributed by atoms with E-state index in [4.69, 9.17) is 4.74 Å². The highest BCUT2D eigenvalue weighted by Crippen LogP contribution is 2.33. The molecule has 0 radical (unpaired) electrons. The first-order chi connectivity index (χ1) is 8.54. The Morgan fingerprint density at radius 1 is 1.11 bits per heavy atom. The second kappa shape index (κ2) is 5.12. The van der Waals surface area contributed by atoms with Crippen LogP contribution in [0.3, 0.4) is 0 Å². The minimum atomic E-state index is -0.547. The van der Waals surface area contributed by atoms with Crippen LogP contribution in [-0.2, 0) is 0 Å². The number of rotatable bonds is 3. The van der Waals surface area contributed by atoms with Gasteiger partial charge in [0.2, 0.25) is 0 Å². The van der Waals surface area contributed by atoms with Gasteiger partial charge in [0.1, 0.15) is 11.9 Å². The van der Waals surface area contributed by atoms with Crippen LogP contribution in [-0.4, -0.2) is 12.2 Å². The lowest BCUT2D eigenvalue weighted by atomic mass is 9.98. The van der Waals surface area contributed by atoms with E-state index in [1.54, 1.807) is 18.4 Å². The van der Waals surface area contributed by atoms with Gasteiger partial charge in [0.25, 0.3) is 0 Å². The molecule has 2 nitrogen and oxygen atoms in total. The molecule has 0 fully saturated rings. The molecule has 0 spiro atoms. The van der Waals surface area contributed by atoms with Crippen LogP contribution in [0.5, 0.6) is 5.75 Å². The molecule has 1 unspecified atom stereocenters. The van der Waals surface area contributed by atoms with Crippen LogP contribution in [0.4, 0.5) is 0 Å². The maximum absolute atomic E-state index is 10.5. The van der Waals surface area contributed by atoms with E-state index in [1.807, 2.05) is 44.4 Å². The first kappa shape index (κ1) is 13.1. The van der Waals surface area contributed by atoms with E-state index in [-0.39, 0.29) is 0 Å². The summed E-state index contributed by atoms with van der Waals surface area (Å²) in [6, 6.07) is 6.03. The van der Waals surface area contributed by atoms with Gasteiger partial charge in [-0.05, 0) is 66.6 Å². The SMILES string of the molecule is COc1cc(C)c(C(O)c2sccc2C)cc1C. The van der Waals surface area contributed by atoms with Gasteiger partial charge in [-0.25, -0.2) is 0 Å². The van der Waals surface area contributed by atoms with Gasteiger partial charge in [-0.1, -0.05) is 0 Å². The van der Waals surface area contributed by atoms with Crippen molar-refractivity contribution >= 4 is 11.3 Å². The van der Waals surface area contributed by atoms with E-state index < -0.39 is 6.10 Å². The Labute approximate surface area is 112 Å². The predicted octanol–water partition coefficient (Wildman–Crippen LogP) is 3.76. The average molecular weight is 262 g/mol. The molecule has 1 aromatic carbocycles. The zero-order valence-electron chi connectivity index (χ0n) is 11.2. The van der Waals surface area contributed by atoms with Crippen molar-refractivity contribution in [1.82, 2.24) is 0 Å². The lowest BCUT2D eigenvalue weighted by molar-refractivity contribution is 0.222. The van der Waals surface area contributed by atoms with Crippen LogP contribution in [0.2, 0.25) is 0 Å². The highest BCUT2D eigenvalue weighted by molar-refractivity contribution is 7.10. The largest absolute Gasteiger partial charge is 0.496 e. The molecule has 0 amide bonds. The van der Waals surface area contributed by atoms with Crippen molar-refractivity contribution in [3.8, 4) is 5.75 Å². The van der Waals surface area contributed by atoms with Gasteiger partial charge >= 0.3 is 0 Å². The van der Waals surface area contributed by atoms with Gasteiger partial charge in [0.05, 0.1) is 7.11 Å². The fourth-order valence-corrected chi connectivity index (χ4v) is 3.06. The summed E-state index contributed by atoms with van der Waals surface area (Å²) in [4.78, 5) is 1.02. The monoisotopic (exact) mass is 262 g/mol. The van der Waals surface area contributed by atoms with Gasteiger partial charge in [0, 0.05) is 4.88 Å². The summed E-state index contributed by atoms with van der Waals surface area (Å²) < 4.78 is 5.30. The summed E-state index contributed by atoms with van der Waals surface area (Å²) in [6.07, 6.45) is -0.547. The van der Waals surface area contributed by atoms with E-state index in [1.165, 1.54) is 0 Å². The second-order valence-electron chi connectivity index (χ2n) is 4.55. The van der Waals surface area contributed by atoms with E-state index in [0.717, 1.165) is 32.9 Å². The Hall–Kier alpha value is -1.32. The molecule has 0 saturated heterocycles. The summed E-state index contributed by atoms with van der Waals surface area (Å²) in [5.74, 6) is 0.867. The maximum Gasteiger partial charge on any atom is 0.122 e. The summed E-state index contributed by atoms with van der Waals surface area (Å²) in [5, 5.41) is 12.5. The number of aliphatic hydroxyl groups excluding tert-OH is 1. The van der Waals surface area contributed by atoms with E-state index in [2.05, 4.69) is 0 Å². The number of thiophene rings is 1. The van der Waals surface area contributed by atoms with Crippen molar-refractivity contribution in [2.24, 2.45) is 0 Å². The van der Waals surface area contributed by atoms with Crippen LogP contribution < -0.4 is 4.74 Å². The lowest BCUT2D eigenvalue weighted by Gasteiger charge is -2.16. The Kier molecular flexibility index (Phi) is 3.73. The number of aryl methyl sites for hydroxylation is 3. The average Bonchev–Trinajstić information content (AvgIpc) is 2.77. The zero-order valence-corrected chi connectivity index (χ0v) is 12.0. The number of hydrogen-bond donors (Lipinski definition) is 1. The third kappa shape index (κ3) is 2.28. The molecule has 0 aliphatic rings. The third-order valence-corrected chi connectivity index (χ3v) is 4.30. The van der Waals surface area contributed by atoms with Crippen molar-refractivity contribution in [2.75, 3.05) is 7.11 Å². The molecule has 0 bridgehead atoms. The number of methoxy groups -OCH3 is 1. The zero-order chi connectivity index (χ0) is 13.3. The van der Waals surface area contributed by atoms with Crippen molar-refractivity contribution in [1.29, 1.82) is 0 Å². The molecule has 1 atom stereocenters. The van der Waals surface area contributed by atoms with Gasteiger partial charge in [-0.15, -0.1) is 11.3 Å². The summed E-state index contributed by atoms with van der Waals surface area (Å²) >= 11 is 1.60. The van der Waals surface area contributed by atoms with E-state index in [9.17, 15) is 5.11 Å². The fraction of sp³-hybridized carbons (Fsp3) is 0.333. The predicted molar refractivity (Wildman–Crippen MR) is 75.6 cm³/mol. The van der Waals surface area contributed by atoms with Gasteiger partial charge < -0.3 is 9.84 Å². The topological polar surface area (TPSA) is 29.5 Å². The molecule has 0 saturated carbocycles. The van der Waals surface area contributed by atoms with Gasteiger partial charge in [-0.2, -0.15) is 0 Å². The molecule has 2 aromatic rings. The van der Waals surface area contributed by atoms with E-state index >= 15 is 0 Å². The summed E-state index contributed by atoms with van der Waals surface area (Å²) in [7, 11) is 1.67. The lowest BCUT2D eigenvalue weighted by Crippen LogP contribution is -2.03. The van der Waals surface area contributed by atoms with Crippen LogP contribution in [0.1, 0.15) is 33.2 Å². The van der Waals surface area contributed by atoms with Crippen LogP contribution in [0.25, 0.3) is 0 Å². The highest BCUT2D eigenvalue weighted by Gasteiger charge is 2.17. The third-order valence-electron chi connectivity index (χ3n) is 3.23. The molecule has 1 aromatic heterocycles.